The molecular formula is C14H23NO4. The number of amides is 1. The maximum absolute atomic E-state index is 11.8. The van der Waals surface area contributed by atoms with Crippen molar-refractivity contribution in [1.29, 1.82) is 0 Å². The average Bonchev–Trinajstić information content (AvgIpc) is 3.16. The van der Waals surface area contributed by atoms with Crippen LogP contribution in [0.3, 0.4) is 0 Å². The van der Waals surface area contributed by atoms with E-state index in [0.717, 1.165) is 25.7 Å². The normalized spacial score (nSPS) is 22.5. The van der Waals surface area contributed by atoms with Gasteiger partial charge in [0.25, 0.3) is 0 Å². The van der Waals surface area contributed by atoms with Crippen LogP contribution in [0.1, 0.15) is 51.4 Å². The van der Waals surface area contributed by atoms with Gasteiger partial charge >= 0.3 is 5.97 Å². The van der Waals surface area contributed by atoms with Crippen LogP contribution in [0.25, 0.3) is 0 Å². The zero-order chi connectivity index (χ0) is 13.7. The molecule has 2 aliphatic rings. The first-order chi connectivity index (χ1) is 9.12. The van der Waals surface area contributed by atoms with Crippen molar-refractivity contribution in [2.24, 2.45) is 5.92 Å². The zero-order valence-electron chi connectivity index (χ0n) is 11.3. The van der Waals surface area contributed by atoms with Gasteiger partial charge in [0.2, 0.25) is 5.91 Å². The van der Waals surface area contributed by atoms with Crippen LogP contribution in [0.5, 0.6) is 0 Å². The van der Waals surface area contributed by atoms with Gasteiger partial charge in [0.15, 0.2) is 0 Å². The molecule has 2 fully saturated rings. The van der Waals surface area contributed by atoms with Crippen molar-refractivity contribution in [2.45, 2.75) is 56.9 Å². The number of nitrogens with one attached hydrogen (secondary N) is 1. The van der Waals surface area contributed by atoms with Gasteiger partial charge in [0.05, 0.1) is 6.61 Å². The van der Waals surface area contributed by atoms with E-state index in [0.29, 0.717) is 25.4 Å². The molecule has 2 saturated carbocycles. The van der Waals surface area contributed by atoms with Gasteiger partial charge in [-0.05, 0) is 31.6 Å². The number of rotatable bonds is 6. The summed E-state index contributed by atoms with van der Waals surface area (Å²) in [5, 5.41) is 12.1. The molecule has 0 aromatic carbocycles. The second kappa shape index (κ2) is 6.37. The molecule has 0 unspecified atom stereocenters. The predicted molar refractivity (Wildman–Crippen MR) is 69.8 cm³/mol. The van der Waals surface area contributed by atoms with Gasteiger partial charge < -0.3 is 15.2 Å². The van der Waals surface area contributed by atoms with Crippen molar-refractivity contribution in [1.82, 2.24) is 5.32 Å². The van der Waals surface area contributed by atoms with Crippen LogP contribution in [0.2, 0.25) is 0 Å². The summed E-state index contributed by atoms with van der Waals surface area (Å²) in [6, 6.07) is 0. The van der Waals surface area contributed by atoms with Crippen LogP contribution >= 0.6 is 0 Å². The molecule has 0 spiro atoms. The number of carbonyl (C=O) groups excluding carboxylic acids is 1. The summed E-state index contributed by atoms with van der Waals surface area (Å²) in [7, 11) is 0. The lowest BCUT2D eigenvalue weighted by molar-refractivity contribution is -0.149. The average molecular weight is 269 g/mol. The second-order valence-corrected chi connectivity index (χ2v) is 5.81. The fraction of sp³-hybridized carbons (Fsp3) is 0.857. The number of hydrogen-bond donors (Lipinski definition) is 2. The zero-order valence-corrected chi connectivity index (χ0v) is 11.3. The van der Waals surface area contributed by atoms with Gasteiger partial charge in [-0.2, -0.15) is 0 Å². The Morgan fingerprint density at radius 1 is 1.16 bits per heavy atom. The largest absolute Gasteiger partial charge is 0.480 e. The van der Waals surface area contributed by atoms with Crippen LogP contribution in [0.15, 0.2) is 0 Å². The summed E-state index contributed by atoms with van der Waals surface area (Å²) in [6.45, 7) is 0.596. The van der Waals surface area contributed by atoms with E-state index < -0.39 is 11.5 Å². The third-order valence-electron chi connectivity index (χ3n) is 4.03. The van der Waals surface area contributed by atoms with Crippen LogP contribution in [-0.4, -0.2) is 35.7 Å². The maximum atomic E-state index is 11.8. The highest BCUT2D eigenvalue weighted by atomic mass is 16.5. The number of carboxylic acids is 1. The Morgan fingerprint density at radius 3 is 2.32 bits per heavy atom. The van der Waals surface area contributed by atoms with Crippen molar-refractivity contribution in [3.63, 3.8) is 0 Å². The van der Waals surface area contributed by atoms with E-state index in [4.69, 9.17) is 4.74 Å². The van der Waals surface area contributed by atoms with Crippen LogP contribution in [0, 0.1) is 5.92 Å². The number of carboxylic acid groups (broad SMARTS) is 1. The van der Waals surface area contributed by atoms with Crippen LogP contribution in [0.4, 0.5) is 0 Å². The highest BCUT2D eigenvalue weighted by Crippen LogP contribution is 2.29. The molecule has 0 heterocycles. The summed E-state index contributed by atoms with van der Waals surface area (Å²) in [4.78, 5) is 23.3. The molecule has 0 saturated heterocycles. The first kappa shape index (κ1) is 14.3. The number of hydrogen-bond acceptors (Lipinski definition) is 3. The van der Waals surface area contributed by atoms with Crippen molar-refractivity contribution in [3.8, 4) is 0 Å². The molecule has 0 atom stereocenters. The lowest BCUT2D eigenvalue weighted by atomic mass is 9.90. The summed E-state index contributed by atoms with van der Waals surface area (Å²) >= 11 is 0. The monoisotopic (exact) mass is 269 g/mol. The van der Waals surface area contributed by atoms with E-state index in [-0.39, 0.29) is 12.5 Å². The fourth-order valence-corrected chi connectivity index (χ4v) is 2.63. The molecule has 19 heavy (non-hydrogen) atoms. The third kappa shape index (κ3) is 4.20. The van der Waals surface area contributed by atoms with E-state index in [1.165, 1.54) is 12.8 Å². The summed E-state index contributed by atoms with van der Waals surface area (Å²) in [6.07, 6.45) is 7.21. The van der Waals surface area contributed by atoms with Gasteiger partial charge in [-0.15, -0.1) is 0 Å². The Morgan fingerprint density at radius 2 is 1.79 bits per heavy atom. The molecule has 5 nitrogen and oxygen atoms in total. The second-order valence-electron chi connectivity index (χ2n) is 5.81. The van der Waals surface area contributed by atoms with Gasteiger partial charge in [-0.3, -0.25) is 4.79 Å². The van der Waals surface area contributed by atoms with Gasteiger partial charge in [-0.25, -0.2) is 4.79 Å². The van der Waals surface area contributed by atoms with Crippen LogP contribution in [-0.2, 0) is 14.3 Å². The predicted octanol–water partition coefficient (Wildman–Crippen LogP) is 1.71. The molecule has 5 heteroatoms. The Hall–Kier alpha value is -1.10. The van der Waals surface area contributed by atoms with E-state index in [2.05, 4.69) is 5.32 Å². The van der Waals surface area contributed by atoms with Crippen molar-refractivity contribution in [2.75, 3.05) is 13.2 Å². The molecule has 0 bridgehead atoms. The lowest BCUT2D eigenvalue weighted by Gasteiger charge is -2.29. The molecule has 1 amide bonds. The first-order valence-electron chi connectivity index (χ1n) is 7.24. The quantitative estimate of drug-likeness (QED) is 0.720. The molecule has 0 radical (unpaired) electrons. The molecule has 2 rings (SSSR count). The summed E-state index contributed by atoms with van der Waals surface area (Å²) < 4.78 is 5.31. The lowest BCUT2D eigenvalue weighted by Crippen LogP contribution is -2.55. The highest BCUT2D eigenvalue weighted by Gasteiger charge is 2.40. The van der Waals surface area contributed by atoms with E-state index >= 15 is 0 Å². The van der Waals surface area contributed by atoms with Gasteiger partial charge in [0.1, 0.15) is 12.1 Å². The summed E-state index contributed by atoms with van der Waals surface area (Å²) in [5.74, 6) is -0.603. The Kier molecular flexibility index (Phi) is 4.80. The number of aliphatic carboxylic acids is 1. The van der Waals surface area contributed by atoms with Gasteiger partial charge in [-0.1, -0.05) is 25.7 Å². The van der Waals surface area contributed by atoms with Crippen LogP contribution < -0.4 is 5.32 Å². The minimum atomic E-state index is -1.07. The van der Waals surface area contributed by atoms with Crippen molar-refractivity contribution in [3.05, 3.63) is 0 Å². The highest BCUT2D eigenvalue weighted by molar-refractivity contribution is 5.87. The third-order valence-corrected chi connectivity index (χ3v) is 4.03. The van der Waals surface area contributed by atoms with E-state index in [1.54, 1.807) is 0 Å². The molecule has 2 aliphatic carbocycles. The molecule has 0 aromatic heterocycles. The topological polar surface area (TPSA) is 75.6 Å². The summed E-state index contributed by atoms with van der Waals surface area (Å²) in [5.41, 5.74) is -1.07. The first-order valence-corrected chi connectivity index (χ1v) is 7.24. The van der Waals surface area contributed by atoms with E-state index in [1.807, 2.05) is 0 Å². The Labute approximate surface area is 113 Å². The smallest absolute Gasteiger partial charge is 0.329 e. The molecule has 2 N–H and O–H groups in total. The molecule has 0 aliphatic heterocycles. The maximum Gasteiger partial charge on any atom is 0.329 e. The number of ether oxygens (including phenoxy) is 1. The molecule has 0 aromatic rings. The fourth-order valence-electron chi connectivity index (χ4n) is 2.63. The van der Waals surface area contributed by atoms with Crippen molar-refractivity contribution >= 4 is 11.9 Å². The molecule has 108 valence electrons. The Bertz CT molecular complexity index is 330. The minimum Gasteiger partial charge on any atom is -0.480 e. The molecular weight excluding hydrogens is 246 g/mol. The van der Waals surface area contributed by atoms with E-state index in [9.17, 15) is 14.7 Å². The number of carbonyl (C=O) groups is 2. The minimum absolute atomic E-state index is 0.0223. The SMILES string of the molecule is O=C(COCC1CC1)NC1(C(=O)O)CCCCCC1. The van der Waals surface area contributed by atoms with Gasteiger partial charge in [0, 0.05) is 0 Å². The van der Waals surface area contributed by atoms with Crippen molar-refractivity contribution < 1.29 is 19.4 Å². The Balaban J connectivity index is 1.83. The standard InChI is InChI=1S/C14H23NO4/c16-12(10-19-9-11-5-6-11)15-14(13(17)18)7-3-1-2-4-8-14/h11H,1-10H2,(H,15,16)(H,17,18).